The molecule has 23 heavy (non-hydrogen) atoms. The van der Waals surface area contributed by atoms with Gasteiger partial charge in [-0.15, -0.1) is 0 Å². The molecule has 0 aliphatic carbocycles. The van der Waals surface area contributed by atoms with E-state index in [-0.39, 0.29) is 0 Å². The molecule has 122 valence electrons. The van der Waals surface area contributed by atoms with E-state index in [1.807, 2.05) is 0 Å². The maximum absolute atomic E-state index is 13.2. The number of nitro benzene ring substituents is 1. The van der Waals surface area contributed by atoms with Crippen LogP contribution in [0.1, 0.15) is 11.1 Å². The van der Waals surface area contributed by atoms with Crippen molar-refractivity contribution < 1.29 is 31.3 Å². The van der Waals surface area contributed by atoms with Gasteiger partial charge in [0.25, 0.3) is 5.69 Å². The van der Waals surface area contributed by atoms with Crippen LogP contribution >= 0.6 is 0 Å². The Morgan fingerprint density at radius 2 is 1.35 bits per heavy atom. The normalized spacial score (nSPS) is 12.3. The molecule has 0 amide bonds. The number of hydrogen-bond donors (Lipinski definition) is 0. The molecular weight excluding hydrogens is 328 g/mol. The van der Waals surface area contributed by atoms with E-state index in [0.717, 1.165) is 30.3 Å². The number of nitro groups is 1. The summed E-state index contributed by atoms with van der Waals surface area (Å²) in [5.74, 6) is 0. The molecule has 0 atom stereocenters. The lowest BCUT2D eigenvalue weighted by Gasteiger charge is -2.17. The Morgan fingerprint density at radius 1 is 0.783 bits per heavy atom. The maximum Gasteiger partial charge on any atom is 0.423 e. The molecule has 2 aromatic carbocycles. The zero-order valence-electron chi connectivity index (χ0n) is 11.1. The second-order valence-electron chi connectivity index (χ2n) is 4.50. The molecule has 2 rings (SSSR count). The molecule has 0 aromatic heterocycles. The van der Waals surface area contributed by atoms with Gasteiger partial charge in [-0.1, -0.05) is 30.3 Å². The van der Waals surface area contributed by atoms with E-state index in [4.69, 9.17) is 0 Å². The third kappa shape index (κ3) is 3.27. The van der Waals surface area contributed by atoms with Crippen LogP contribution in [0.3, 0.4) is 0 Å². The third-order valence-electron chi connectivity index (χ3n) is 3.05. The zero-order valence-corrected chi connectivity index (χ0v) is 11.1. The summed E-state index contributed by atoms with van der Waals surface area (Å²) in [5, 5.41) is 10.8. The Kier molecular flexibility index (Phi) is 4.06. The van der Waals surface area contributed by atoms with Crippen molar-refractivity contribution in [1.82, 2.24) is 0 Å². The van der Waals surface area contributed by atoms with E-state index in [0.29, 0.717) is 12.1 Å². The van der Waals surface area contributed by atoms with Crippen molar-refractivity contribution >= 4 is 5.69 Å². The van der Waals surface area contributed by atoms with E-state index in [1.54, 1.807) is 0 Å². The van der Waals surface area contributed by atoms with Crippen LogP contribution < -0.4 is 0 Å². The summed E-state index contributed by atoms with van der Waals surface area (Å²) in [4.78, 5) is 9.54. The Balaban J connectivity index is 2.86. The summed E-state index contributed by atoms with van der Waals surface area (Å²) in [6, 6.07) is 5.91. The molecule has 9 heteroatoms. The second-order valence-corrected chi connectivity index (χ2v) is 4.50. The van der Waals surface area contributed by atoms with Crippen molar-refractivity contribution in [1.29, 1.82) is 0 Å². The van der Waals surface area contributed by atoms with Crippen molar-refractivity contribution in [2.75, 3.05) is 0 Å². The highest BCUT2D eigenvalue weighted by Gasteiger charge is 2.43. The Hall–Kier alpha value is -2.58. The number of hydrogen-bond acceptors (Lipinski definition) is 2. The van der Waals surface area contributed by atoms with Gasteiger partial charge in [-0.25, -0.2) is 0 Å². The van der Waals surface area contributed by atoms with Gasteiger partial charge in [-0.2, -0.15) is 26.3 Å². The number of alkyl halides is 6. The van der Waals surface area contributed by atoms with Crippen molar-refractivity contribution in [2.24, 2.45) is 0 Å². The first-order valence-electron chi connectivity index (χ1n) is 6.04. The van der Waals surface area contributed by atoms with Crippen LogP contribution in [0, 0.1) is 10.1 Å². The predicted octanol–water partition coefficient (Wildman–Crippen LogP) is 5.30. The molecule has 0 spiro atoms. The maximum atomic E-state index is 13.2. The average molecular weight is 335 g/mol. The number of benzene rings is 2. The lowest BCUT2D eigenvalue weighted by atomic mass is 9.93. The van der Waals surface area contributed by atoms with E-state index >= 15 is 0 Å². The number of nitrogens with zero attached hydrogens (tertiary/aromatic N) is 1. The molecule has 0 N–H and O–H groups in total. The molecule has 0 aliphatic heterocycles. The highest BCUT2D eigenvalue weighted by atomic mass is 19.4. The molecule has 0 heterocycles. The van der Waals surface area contributed by atoms with Gasteiger partial charge in [0, 0.05) is 11.6 Å². The molecule has 0 aliphatic rings. The van der Waals surface area contributed by atoms with Crippen LogP contribution in [0.15, 0.2) is 42.5 Å². The highest BCUT2D eigenvalue weighted by molar-refractivity contribution is 5.75. The van der Waals surface area contributed by atoms with Gasteiger partial charge in [0.2, 0.25) is 0 Å². The van der Waals surface area contributed by atoms with Gasteiger partial charge in [0.15, 0.2) is 0 Å². The van der Waals surface area contributed by atoms with E-state index in [1.165, 1.54) is 0 Å². The number of halogens is 6. The molecule has 0 saturated heterocycles. The summed E-state index contributed by atoms with van der Waals surface area (Å²) in [6.07, 6.45) is -10.1. The molecule has 2 aromatic rings. The minimum Gasteiger partial charge on any atom is -0.258 e. The van der Waals surface area contributed by atoms with Gasteiger partial charge in [0.1, 0.15) is 5.56 Å². The van der Waals surface area contributed by atoms with Crippen LogP contribution in [0.5, 0.6) is 0 Å². The zero-order chi connectivity index (χ0) is 17.4. The fourth-order valence-electron chi connectivity index (χ4n) is 2.18. The molecule has 0 saturated carbocycles. The molecule has 0 unspecified atom stereocenters. The first-order valence-corrected chi connectivity index (χ1v) is 6.04. The Labute approximate surface area is 125 Å². The van der Waals surface area contributed by atoms with Gasteiger partial charge in [0.05, 0.1) is 10.5 Å². The standard InChI is InChI=1S/C14H7F6NO2/c15-13(16,17)10-6-2-1-4-8(10)9-5-3-7-11(21(22)23)12(9)14(18,19)20/h1-7H. The first-order chi connectivity index (χ1) is 10.5. The molecule has 0 radical (unpaired) electrons. The minimum atomic E-state index is -5.18. The monoisotopic (exact) mass is 335 g/mol. The molecule has 0 bridgehead atoms. The summed E-state index contributed by atoms with van der Waals surface area (Å²) in [7, 11) is 0. The minimum absolute atomic E-state index is 0.600. The van der Waals surface area contributed by atoms with Crippen LogP contribution in [0.2, 0.25) is 0 Å². The smallest absolute Gasteiger partial charge is 0.258 e. The molecular formula is C14H7F6NO2. The summed E-state index contributed by atoms with van der Waals surface area (Å²) >= 11 is 0. The highest BCUT2D eigenvalue weighted by Crippen LogP contribution is 2.45. The van der Waals surface area contributed by atoms with Gasteiger partial charge < -0.3 is 0 Å². The van der Waals surface area contributed by atoms with Gasteiger partial charge in [-0.05, 0) is 11.6 Å². The van der Waals surface area contributed by atoms with E-state index in [2.05, 4.69) is 0 Å². The van der Waals surface area contributed by atoms with Crippen LogP contribution in [-0.2, 0) is 12.4 Å². The van der Waals surface area contributed by atoms with E-state index in [9.17, 15) is 36.5 Å². The van der Waals surface area contributed by atoms with Crippen molar-refractivity contribution in [3.05, 3.63) is 63.7 Å². The summed E-state index contributed by atoms with van der Waals surface area (Å²) in [5.41, 5.74) is -5.96. The quantitative estimate of drug-likeness (QED) is 0.425. The molecule has 3 nitrogen and oxygen atoms in total. The lowest BCUT2D eigenvalue weighted by Crippen LogP contribution is -2.13. The van der Waals surface area contributed by atoms with Crippen molar-refractivity contribution in [2.45, 2.75) is 12.4 Å². The first kappa shape index (κ1) is 16.8. The average Bonchev–Trinajstić information content (AvgIpc) is 2.44. The summed E-state index contributed by atoms with van der Waals surface area (Å²) < 4.78 is 78.6. The van der Waals surface area contributed by atoms with Crippen LogP contribution in [-0.4, -0.2) is 4.92 Å². The Morgan fingerprint density at radius 3 is 1.87 bits per heavy atom. The predicted molar refractivity (Wildman–Crippen MR) is 68.5 cm³/mol. The second kappa shape index (κ2) is 5.56. The van der Waals surface area contributed by atoms with Gasteiger partial charge in [-0.3, -0.25) is 10.1 Å². The number of rotatable bonds is 2. The van der Waals surface area contributed by atoms with Crippen molar-refractivity contribution in [3.63, 3.8) is 0 Å². The van der Waals surface area contributed by atoms with Crippen molar-refractivity contribution in [3.8, 4) is 11.1 Å². The fourth-order valence-corrected chi connectivity index (χ4v) is 2.18. The largest absolute Gasteiger partial charge is 0.423 e. The van der Waals surface area contributed by atoms with E-state index < -0.39 is 45.2 Å². The lowest BCUT2D eigenvalue weighted by molar-refractivity contribution is -0.388. The SMILES string of the molecule is O=[N+]([O-])c1cccc(-c2ccccc2C(F)(F)F)c1C(F)(F)F. The molecule has 0 fully saturated rings. The topological polar surface area (TPSA) is 43.1 Å². The summed E-state index contributed by atoms with van der Waals surface area (Å²) in [6.45, 7) is 0. The van der Waals surface area contributed by atoms with Crippen LogP contribution in [0.4, 0.5) is 32.0 Å². The Bertz CT molecular complexity index is 752. The van der Waals surface area contributed by atoms with Crippen LogP contribution in [0.25, 0.3) is 11.1 Å². The van der Waals surface area contributed by atoms with Gasteiger partial charge >= 0.3 is 12.4 Å². The third-order valence-corrected chi connectivity index (χ3v) is 3.05. The fraction of sp³-hybridized carbons (Fsp3) is 0.143.